The molecule has 2 aromatic rings. The first-order valence-electron chi connectivity index (χ1n) is 4.64. The van der Waals surface area contributed by atoms with Crippen LogP contribution in [0, 0.1) is 0 Å². The van der Waals surface area contributed by atoms with Gasteiger partial charge in [0.2, 0.25) is 0 Å². The Balaban J connectivity index is 2.05. The summed E-state index contributed by atoms with van der Waals surface area (Å²) >= 11 is 0. The van der Waals surface area contributed by atoms with Crippen LogP contribution >= 0.6 is 21.6 Å². The quantitative estimate of drug-likeness (QED) is 0.778. The third kappa shape index (κ3) is 2.90. The van der Waals surface area contributed by atoms with Crippen molar-refractivity contribution in [1.29, 1.82) is 0 Å². The maximum Gasteiger partial charge on any atom is 0.151 e. The van der Waals surface area contributed by atoms with E-state index in [-0.39, 0.29) is 0 Å². The molecule has 0 unspecified atom stereocenters. The molecule has 0 spiro atoms. The van der Waals surface area contributed by atoms with E-state index < -0.39 is 0 Å². The molecule has 0 saturated heterocycles. The molecule has 0 aliphatic rings. The number of hydrogen-bond donors (Lipinski definition) is 0. The first-order valence-corrected chi connectivity index (χ1v) is 6.79. The molecule has 82 valence electrons. The van der Waals surface area contributed by atoms with E-state index in [4.69, 9.17) is 4.74 Å². The Bertz CT molecular complexity index is 451. The fourth-order valence-electron chi connectivity index (χ4n) is 1.07. The van der Waals surface area contributed by atoms with Gasteiger partial charge in [-0.1, -0.05) is 6.07 Å². The van der Waals surface area contributed by atoms with Gasteiger partial charge in [-0.15, -0.1) is 0 Å². The van der Waals surface area contributed by atoms with E-state index in [1.165, 1.54) is 0 Å². The van der Waals surface area contributed by atoms with Gasteiger partial charge >= 0.3 is 0 Å². The average molecular weight is 250 g/mol. The van der Waals surface area contributed by atoms with E-state index in [9.17, 15) is 0 Å². The second kappa shape index (κ2) is 5.77. The smallest absolute Gasteiger partial charge is 0.151 e. The minimum atomic E-state index is 0.788. The lowest BCUT2D eigenvalue weighted by Gasteiger charge is -2.04. The van der Waals surface area contributed by atoms with Crippen LogP contribution in [0.15, 0.2) is 52.8 Å². The van der Waals surface area contributed by atoms with Crippen molar-refractivity contribution in [1.82, 2.24) is 9.97 Å². The van der Waals surface area contributed by atoms with Crippen molar-refractivity contribution in [3.63, 3.8) is 0 Å². The van der Waals surface area contributed by atoms with Crippen molar-refractivity contribution < 1.29 is 4.74 Å². The summed E-state index contributed by atoms with van der Waals surface area (Å²) in [4.78, 5) is 8.48. The Morgan fingerprint density at radius 3 is 2.62 bits per heavy atom. The van der Waals surface area contributed by atoms with Crippen LogP contribution in [-0.2, 0) is 0 Å². The van der Waals surface area contributed by atoms with E-state index >= 15 is 0 Å². The van der Waals surface area contributed by atoms with E-state index in [2.05, 4.69) is 9.97 Å². The zero-order chi connectivity index (χ0) is 11.2. The number of methoxy groups -OCH3 is 1. The topological polar surface area (TPSA) is 35.0 Å². The van der Waals surface area contributed by atoms with E-state index in [0.29, 0.717) is 0 Å². The van der Waals surface area contributed by atoms with Crippen LogP contribution in [0.2, 0.25) is 0 Å². The van der Waals surface area contributed by atoms with Crippen LogP contribution < -0.4 is 4.74 Å². The van der Waals surface area contributed by atoms with Crippen LogP contribution in [-0.4, -0.2) is 17.1 Å². The molecule has 0 radical (unpaired) electrons. The van der Waals surface area contributed by atoms with Crippen LogP contribution in [0.3, 0.4) is 0 Å². The van der Waals surface area contributed by atoms with E-state index in [1.54, 1.807) is 41.1 Å². The SMILES string of the molecule is COc1cccnc1SSc1ccccn1. The Morgan fingerprint density at radius 1 is 1.00 bits per heavy atom. The third-order valence-electron chi connectivity index (χ3n) is 1.80. The summed E-state index contributed by atoms with van der Waals surface area (Å²) in [6.07, 6.45) is 3.53. The summed E-state index contributed by atoms with van der Waals surface area (Å²) in [6.45, 7) is 0. The molecule has 16 heavy (non-hydrogen) atoms. The molecular weight excluding hydrogens is 240 g/mol. The van der Waals surface area contributed by atoms with Crippen molar-refractivity contribution in [2.75, 3.05) is 7.11 Å². The van der Waals surface area contributed by atoms with E-state index in [1.807, 2.05) is 30.3 Å². The lowest BCUT2D eigenvalue weighted by molar-refractivity contribution is 0.401. The Kier molecular flexibility index (Phi) is 4.07. The van der Waals surface area contributed by atoms with Gasteiger partial charge in [-0.3, -0.25) is 0 Å². The fraction of sp³-hybridized carbons (Fsp3) is 0.0909. The number of nitrogens with zero attached hydrogens (tertiary/aromatic N) is 2. The molecule has 2 aromatic heterocycles. The predicted octanol–water partition coefficient (Wildman–Crippen LogP) is 3.28. The second-order valence-electron chi connectivity index (χ2n) is 2.85. The summed E-state index contributed by atoms with van der Waals surface area (Å²) in [5, 5.41) is 1.82. The van der Waals surface area contributed by atoms with Crippen LogP contribution in [0.25, 0.3) is 0 Å². The average Bonchev–Trinajstić information content (AvgIpc) is 2.38. The number of rotatable bonds is 4. The van der Waals surface area contributed by atoms with Gasteiger partial charge in [-0.2, -0.15) is 0 Å². The minimum Gasteiger partial charge on any atom is -0.494 e. The van der Waals surface area contributed by atoms with Gasteiger partial charge in [0.25, 0.3) is 0 Å². The Labute approximate surface area is 102 Å². The molecule has 0 N–H and O–H groups in total. The largest absolute Gasteiger partial charge is 0.494 e. The van der Waals surface area contributed by atoms with Crippen LogP contribution in [0.1, 0.15) is 0 Å². The van der Waals surface area contributed by atoms with E-state index in [0.717, 1.165) is 15.8 Å². The van der Waals surface area contributed by atoms with Crippen molar-refractivity contribution in [3.8, 4) is 5.75 Å². The number of hydrogen-bond acceptors (Lipinski definition) is 5. The van der Waals surface area contributed by atoms with Gasteiger partial charge in [0.1, 0.15) is 10.1 Å². The van der Waals surface area contributed by atoms with Gasteiger partial charge < -0.3 is 4.74 Å². The zero-order valence-corrected chi connectivity index (χ0v) is 10.3. The normalized spacial score (nSPS) is 10.1. The highest BCUT2D eigenvalue weighted by Gasteiger charge is 2.05. The molecular formula is C11H10N2OS2. The Morgan fingerprint density at radius 2 is 1.88 bits per heavy atom. The lowest BCUT2D eigenvalue weighted by Crippen LogP contribution is -1.87. The monoisotopic (exact) mass is 250 g/mol. The molecule has 0 aromatic carbocycles. The number of ether oxygens (including phenoxy) is 1. The standard InChI is InChI=1S/C11H10N2OS2/c1-14-9-5-4-8-13-11(9)16-15-10-6-2-3-7-12-10/h2-8H,1H3. The van der Waals surface area contributed by atoms with Crippen molar-refractivity contribution >= 4 is 21.6 Å². The third-order valence-corrected chi connectivity index (χ3v) is 4.00. The summed E-state index contributed by atoms with van der Waals surface area (Å²) in [5.41, 5.74) is 0. The summed E-state index contributed by atoms with van der Waals surface area (Å²) in [6, 6.07) is 9.58. The first-order chi connectivity index (χ1) is 7.90. The zero-order valence-electron chi connectivity index (χ0n) is 8.66. The first kappa shape index (κ1) is 11.3. The molecule has 2 rings (SSSR count). The maximum atomic E-state index is 5.22. The van der Waals surface area contributed by atoms with Gasteiger partial charge in [0.05, 0.1) is 7.11 Å². The summed E-state index contributed by atoms with van der Waals surface area (Å²) < 4.78 is 5.22. The summed E-state index contributed by atoms with van der Waals surface area (Å²) in [5.74, 6) is 0.788. The molecule has 0 aliphatic heterocycles. The molecule has 3 nitrogen and oxygen atoms in total. The van der Waals surface area contributed by atoms with Gasteiger partial charge in [-0.25, -0.2) is 9.97 Å². The molecule has 0 amide bonds. The van der Waals surface area contributed by atoms with Crippen LogP contribution in [0.4, 0.5) is 0 Å². The van der Waals surface area contributed by atoms with Crippen molar-refractivity contribution in [2.45, 2.75) is 10.1 Å². The second-order valence-corrected chi connectivity index (χ2v) is 4.98. The minimum absolute atomic E-state index is 0.788. The van der Waals surface area contributed by atoms with Crippen molar-refractivity contribution in [3.05, 3.63) is 42.7 Å². The number of aromatic nitrogens is 2. The van der Waals surface area contributed by atoms with Gasteiger partial charge in [0, 0.05) is 12.4 Å². The Hall–Kier alpha value is -1.20. The van der Waals surface area contributed by atoms with Gasteiger partial charge in [-0.05, 0) is 45.9 Å². The molecule has 0 saturated carbocycles. The number of pyridine rings is 2. The predicted molar refractivity (Wildman–Crippen MR) is 66.7 cm³/mol. The van der Waals surface area contributed by atoms with Gasteiger partial charge in [0.15, 0.2) is 5.75 Å². The highest BCUT2D eigenvalue weighted by atomic mass is 33.1. The van der Waals surface area contributed by atoms with Crippen molar-refractivity contribution in [2.24, 2.45) is 0 Å². The molecule has 2 heterocycles. The maximum absolute atomic E-state index is 5.22. The molecule has 5 heteroatoms. The van der Waals surface area contributed by atoms with Crippen LogP contribution in [0.5, 0.6) is 5.75 Å². The molecule has 0 atom stereocenters. The molecule has 0 aliphatic carbocycles. The fourth-order valence-corrected chi connectivity index (χ4v) is 2.98. The molecule has 0 fully saturated rings. The highest BCUT2D eigenvalue weighted by molar-refractivity contribution is 8.76. The highest BCUT2D eigenvalue weighted by Crippen LogP contribution is 2.39. The lowest BCUT2D eigenvalue weighted by atomic mass is 10.5. The summed E-state index contributed by atoms with van der Waals surface area (Å²) in [7, 11) is 4.75. The molecule has 0 bridgehead atoms.